The van der Waals surface area contributed by atoms with E-state index in [4.69, 9.17) is 4.74 Å². The molecule has 6 nitrogen and oxygen atoms in total. The second-order valence-corrected chi connectivity index (χ2v) is 6.95. The van der Waals surface area contributed by atoms with Crippen molar-refractivity contribution in [1.82, 2.24) is 9.97 Å². The van der Waals surface area contributed by atoms with Gasteiger partial charge in [0.25, 0.3) is 0 Å². The molecule has 2 heterocycles. The Morgan fingerprint density at radius 1 is 0.857 bits per heavy atom. The zero-order valence-corrected chi connectivity index (χ0v) is 16.3. The maximum Gasteiger partial charge on any atom is 0.135 e. The number of nitrogens with zero attached hydrogens (tertiary/aromatic N) is 3. The first-order valence-electron chi connectivity index (χ1n) is 9.54. The zero-order chi connectivity index (χ0) is 19.3. The van der Waals surface area contributed by atoms with Crippen molar-refractivity contribution < 1.29 is 4.74 Å². The van der Waals surface area contributed by atoms with Crippen molar-refractivity contribution in [2.45, 2.75) is 13.8 Å². The molecule has 2 N–H and O–H groups in total. The second kappa shape index (κ2) is 8.27. The van der Waals surface area contributed by atoms with Gasteiger partial charge in [-0.1, -0.05) is 18.2 Å². The third-order valence-corrected chi connectivity index (χ3v) is 4.96. The first kappa shape index (κ1) is 18.3. The number of aromatic nitrogens is 2. The van der Waals surface area contributed by atoms with Gasteiger partial charge in [-0.3, -0.25) is 0 Å². The Morgan fingerprint density at radius 3 is 2.39 bits per heavy atom. The number of hydrogen-bond acceptors (Lipinski definition) is 6. The van der Waals surface area contributed by atoms with Crippen LogP contribution >= 0.6 is 0 Å². The van der Waals surface area contributed by atoms with Gasteiger partial charge < -0.3 is 20.3 Å². The molecule has 4 rings (SSSR count). The molecule has 1 fully saturated rings. The summed E-state index contributed by atoms with van der Waals surface area (Å²) in [4.78, 5) is 11.1. The summed E-state index contributed by atoms with van der Waals surface area (Å²) in [6, 6.07) is 16.5. The van der Waals surface area contributed by atoms with Crippen LogP contribution in [0.5, 0.6) is 0 Å². The van der Waals surface area contributed by atoms with Gasteiger partial charge in [0.15, 0.2) is 0 Å². The van der Waals surface area contributed by atoms with Gasteiger partial charge in [0.1, 0.15) is 18.0 Å². The lowest BCUT2D eigenvalue weighted by Crippen LogP contribution is -2.36. The van der Waals surface area contributed by atoms with Crippen LogP contribution in [0.1, 0.15) is 11.1 Å². The van der Waals surface area contributed by atoms with Crippen molar-refractivity contribution in [2.75, 3.05) is 41.8 Å². The molecule has 1 aliphatic rings. The average molecular weight is 375 g/mol. The summed E-state index contributed by atoms with van der Waals surface area (Å²) in [5.41, 5.74) is 5.72. The molecule has 1 aliphatic heterocycles. The van der Waals surface area contributed by atoms with Gasteiger partial charge in [-0.25, -0.2) is 9.97 Å². The molecule has 0 amide bonds. The summed E-state index contributed by atoms with van der Waals surface area (Å²) in [6.07, 6.45) is 1.57. The molecule has 144 valence electrons. The van der Waals surface area contributed by atoms with E-state index >= 15 is 0 Å². The number of aryl methyl sites for hydroxylation is 2. The summed E-state index contributed by atoms with van der Waals surface area (Å²) >= 11 is 0. The minimum Gasteiger partial charge on any atom is -0.378 e. The fourth-order valence-electron chi connectivity index (χ4n) is 3.26. The Bertz CT molecular complexity index is 953. The van der Waals surface area contributed by atoms with Crippen LogP contribution in [0, 0.1) is 13.8 Å². The lowest BCUT2D eigenvalue weighted by Gasteiger charge is -2.30. The van der Waals surface area contributed by atoms with Crippen LogP contribution in [0.3, 0.4) is 0 Å². The Kier molecular flexibility index (Phi) is 5.39. The number of ether oxygens (including phenoxy) is 1. The summed E-state index contributed by atoms with van der Waals surface area (Å²) in [5.74, 6) is 1.51. The Labute approximate surface area is 165 Å². The smallest absolute Gasteiger partial charge is 0.135 e. The van der Waals surface area contributed by atoms with Gasteiger partial charge in [0, 0.05) is 24.8 Å². The van der Waals surface area contributed by atoms with Gasteiger partial charge in [-0.2, -0.15) is 0 Å². The topological polar surface area (TPSA) is 62.3 Å². The molecule has 0 saturated carbocycles. The van der Waals surface area contributed by atoms with Crippen molar-refractivity contribution in [1.29, 1.82) is 0 Å². The van der Waals surface area contributed by atoms with Gasteiger partial charge in [-0.15, -0.1) is 0 Å². The SMILES string of the molecule is Cc1ccc(Nc2cc(Nc3ccccc3N3CCOCC3)ncn2)cc1C. The van der Waals surface area contributed by atoms with E-state index in [0.29, 0.717) is 0 Å². The molecule has 0 aliphatic carbocycles. The zero-order valence-electron chi connectivity index (χ0n) is 16.3. The first-order valence-corrected chi connectivity index (χ1v) is 9.54. The van der Waals surface area contributed by atoms with Gasteiger partial charge >= 0.3 is 0 Å². The molecule has 0 bridgehead atoms. The molecular formula is C22H25N5O. The van der Waals surface area contributed by atoms with Crippen molar-refractivity contribution in [3.8, 4) is 0 Å². The van der Waals surface area contributed by atoms with Crippen molar-refractivity contribution in [3.05, 3.63) is 66.0 Å². The van der Waals surface area contributed by atoms with Gasteiger partial charge in [0.05, 0.1) is 24.6 Å². The molecule has 28 heavy (non-hydrogen) atoms. The van der Waals surface area contributed by atoms with Crippen LogP contribution < -0.4 is 15.5 Å². The highest BCUT2D eigenvalue weighted by molar-refractivity contribution is 5.75. The molecule has 1 aromatic heterocycles. The number of morpholine rings is 1. The standard InChI is InChI=1S/C22H25N5O/c1-16-7-8-18(13-17(16)2)25-21-14-22(24-15-23-21)26-19-5-3-4-6-20(19)27-9-11-28-12-10-27/h3-8,13-15H,9-12H2,1-2H3,(H2,23,24,25,26). The van der Waals surface area contributed by atoms with E-state index in [1.54, 1.807) is 6.33 Å². The molecular weight excluding hydrogens is 350 g/mol. The van der Waals surface area contributed by atoms with E-state index in [1.165, 1.54) is 11.1 Å². The van der Waals surface area contributed by atoms with Gasteiger partial charge in [-0.05, 0) is 49.2 Å². The number of nitrogens with one attached hydrogen (secondary N) is 2. The molecule has 3 aromatic rings. The van der Waals surface area contributed by atoms with Crippen LogP contribution in [0.15, 0.2) is 54.9 Å². The van der Waals surface area contributed by atoms with E-state index in [1.807, 2.05) is 12.1 Å². The van der Waals surface area contributed by atoms with Crippen LogP contribution in [-0.2, 0) is 4.74 Å². The van der Waals surface area contributed by atoms with Crippen molar-refractivity contribution in [3.63, 3.8) is 0 Å². The maximum atomic E-state index is 5.48. The minimum atomic E-state index is 0.752. The van der Waals surface area contributed by atoms with Crippen molar-refractivity contribution >= 4 is 28.7 Å². The fraction of sp³-hybridized carbons (Fsp3) is 0.273. The Morgan fingerprint density at radius 2 is 1.61 bits per heavy atom. The van der Waals surface area contributed by atoms with E-state index in [0.717, 1.165) is 55.0 Å². The molecule has 0 spiro atoms. The first-order chi connectivity index (χ1) is 13.7. The maximum absolute atomic E-state index is 5.48. The second-order valence-electron chi connectivity index (χ2n) is 6.95. The van der Waals surface area contributed by atoms with Crippen molar-refractivity contribution in [2.24, 2.45) is 0 Å². The molecule has 0 atom stereocenters. The fourth-order valence-corrected chi connectivity index (χ4v) is 3.26. The van der Waals surface area contributed by atoms with Crippen LogP contribution in [0.4, 0.5) is 28.7 Å². The Hall–Kier alpha value is -3.12. The quantitative estimate of drug-likeness (QED) is 0.688. The largest absolute Gasteiger partial charge is 0.378 e. The lowest BCUT2D eigenvalue weighted by molar-refractivity contribution is 0.123. The number of anilines is 5. The minimum absolute atomic E-state index is 0.752. The number of benzene rings is 2. The molecule has 0 radical (unpaired) electrons. The van der Waals surface area contributed by atoms with E-state index in [2.05, 4.69) is 75.7 Å². The molecule has 0 unspecified atom stereocenters. The normalized spacial score (nSPS) is 14.0. The predicted octanol–water partition coefficient (Wildman–Crippen LogP) is 4.42. The van der Waals surface area contributed by atoms with Crippen LogP contribution in [0.25, 0.3) is 0 Å². The highest BCUT2D eigenvalue weighted by Gasteiger charge is 2.14. The average Bonchev–Trinajstić information content (AvgIpc) is 2.72. The number of rotatable bonds is 5. The molecule has 2 aromatic carbocycles. The predicted molar refractivity (Wildman–Crippen MR) is 114 cm³/mol. The summed E-state index contributed by atoms with van der Waals surface area (Å²) in [7, 11) is 0. The highest BCUT2D eigenvalue weighted by Crippen LogP contribution is 2.29. The number of para-hydroxylation sites is 2. The monoisotopic (exact) mass is 375 g/mol. The van der Waals surface area contributed by atoms with Crippen LogP contribution in [0.2, 0.25) is 0 Å². The molecule has 1 saturated heterocycles. The van der Waals surface area contributed by atoms with Gasteiger partial charge in [0.2, 0.25) is 0 Å². The third-order valence-electron chi connectivity index (χ3n) is 4.96. The Balaban J connectivity index is 1.53. The van der Waals surface area contributed by atoms with E-state index in [9.17, 15) is 0 Å². The third kappa shape index (κ3) is 4.23. The van der Waals surface area contributed by atoms with E-state index in [-0.39, 0.29) is 0 Å². The molecule has 6 heteroatoms. The highest BCUT2D eigenvalue weighted by atomic mass is 16.5. The van der Waals surface area contributed by atoms with Crippen LogP contribution in [-0.4, -0.2) is 36.3 Å². The lowest BCUT2D eigenvalue weighted by atomic mass is 10.1. The van der Waals surface area contributed by atoms with E-state index < -0.39 is 0 Å². The summed E-state index contributed by atoms with van der Waals surface area (Å²) < 4.78 is 5.48. The number of hydrogen-bond donors (Lipinski definition) is 2. The summed E-state index contributed by atoms with van der Waals surface area (Å²) in [5, 5.41) is 6.80. The summed E-state index contributed by atoms with van der Waals surface area (Å²) in [6.45, 7) is 7.51.